The number of benzene rings is 1. The Morgan fingerprint density at radius 1 is 1.57 bits per heavy atom. The molecule has 3 nitrogen and oxygen atoms in total. The molecule has 1 aromatic rings. The van der Waals surface area contributed by atoms with Crippen LogP contribution in [0.1, 0.15) is 11.1 Å². The van der Waals surface area contributed by atoms with Gasteiger partial charge >= 0.3 is 0 Å². The Morgan fingerprint density at radius 3 is 3.00 bits per heavy atom. The van der Waals surface area contributed by atoms with Crippen LogP contribution in [-0.2, 0) is 15.5 Å². The van der Waals surface area contributed by atoms with Gasteiger partial charge in [0.2, 0.25) is 0 Å². The van der Waals surface area contributed by atoms with Crippen LogP contribution in [0.25, 0.3) is 0 Å². The maximum absolute atomic E-state index is 12.9. The minimum absolute atomic E-state index is 0.103. The molecule has 0 saturated carbocycles. The molecule has 0 saturated heterocycles. The summed E-state index contributed by atoms with van der Waals surface area (Å²) in [6, 6.07) is 4.17. The second-order valence-corrected chi connectivity index (χ2v) is 5.21. The van der Waals surface area contributed by atoms with Gasteiger partial charge in [0.1, 0.15) is 11.7 Å². The van der Waals surface area contributed by atoms with Gasteiger partial charge in [-0.15, -0.1) is 0 Å². The van der Waals surface area contributed by atoms with Crippen molar-refractivity contribution in [3.8, 4) is 0 Å². The third-order valence-electron chi connectivity index (χ3n) is 1.99. The number of halogens is 1. The highest BCUT2D eigenvalue weighted by Gasteiger charge is 2.18. The van der Waals surface area contributed by atoms with Crippen molar-refractivity contribution in [3.63, 3.8) is 0 Å². The van der Waals surface area contributed by atoms with Crippen molar-refractivity contribution in [3.05, 3.63) is 35.1 Å². The van der Waals surface area contributed by atoms with Gasteiger partial charge in [0.15, 0.2) is 0 Å². The molecular formula is C9H9FN2OS. The highest BCUT2D eigenvalue weighted by atomic mass is 32.2. The van der Waals surface area contributed by atoms with Crippen molar-refractivity contribution in [1.82, 2.24) is 0 Å². The molecule has 0 bridgehead atoms. The van der Waals surface area contributed by atoms with E-state index >= 15 is 0 Å². The van der Waals surface area contributed by atoms with E-state index in [4.69, 9.17) is 5.73 Å². The first-order valence-corrected chi connectivity index (χ1v) is 5.82. The van der Waals surface area contributed by atoms with Crippen LogP contribution in [0.4, 0.5) is 4.39 Å². The number of nitrogens with two attached hydrogens (primary N) is 1. The van der Waals surface area contributed by atoms with Crippen LogP contribution in [0, 0.1) is 5.82 Å². The van der Waals surface area contributed by atoms with Gasteiger partial charge < -0.3 is 5.73 Å². The topological polar surface area (TPSA) is 55.5 Å². The van der Waals surface area contributed by atoms with Crippen molar-refractivity contribution in [2.24, 2.45) is 10.1 Å². The van der Waals surface area contributed by atoms with Gasteiger partial charge in [-0.2, -0.15) is 4.40 Å². The molecule has 1 heterocycles. The average Bonchev–Trinajstić information content (AvgIpc) is 2.05. The van der Waals surface area contributed by atoms with E-state index in [9.17, 15) is 8.60 Å². The summed E-state index contributed by atoms with van der Waals surface area (Å²) < 4.78 is 28.2. The summed E-state index contributed by atoms with van der Waals surface area (Å²) in [7, 11) is -2.52. The Labute approximate surface area is 81.6 Å². The van der Waals surface area contributed by atoms with Crippen molar-refractivity contribution >= 4 is 21.4 Å². The van der Waals surface area contributed by atoms with E-state index in [0.29, 0.717) is 5.56 Å². The maximum Gasteiger partial charge on any atom is 0.141 e. The predicted octanol–water partition coefficient (Wildman–Crippen LogP) is 0.676. The number of hydrogen-bond donors (Lipinski definition) is 1. The van der Waals surface area contributed by atoms with E-state index in [-0.39, 0.29) is 17.4 Å². The standard InChI is InChI=1S/C9H9FN2OS/c1-14(13)5-6-2-3-7(10)4-8(6)9(11)12-14/h2-4H,1,5H2,(H2,11,12,13). The lowest BCUT2D eigenvalue weighted by Crippen LogP contribution is -2.23. The summed E-state index contributed by atoms with van der Waals surface area (Å²) in [4.78, 5) is 0. The monoisotopic (exact) mass is 212 g/mol. The van der Waals surface area contributed by atoms with Gasteiger partial charge in [0.25, 0.3) is 0 Å². The third kappa shape index (κ3) is 1.50. The van der Waals surface area contributed by atoms with Crippen molar-refractivity contribution in [2.45, 2.75) is 5.75 Å². The number of hydrogen-bond acceptors (Lipinski definition) is 2. The summed E-state index contributed by atoms with van der Waals surface area (Å²) in [6.45, 7) is 0. The minimum Gasteiger partial charge on any atom is -0.383 e. The molecular weight excluding hydrogens is 203 g/mol. The van der Waals surface area contributed by atoms with E-state index in [1.807, 2.05) is 0 Å². The second-order valence-electron chi connectivity index (χ2n) is 3.19. The molecule has 0 radical (unpaired) electrons. The van der Waals surface area contributed by atoms with E-state index in [2.05, 4.69) is 10.3 Å². The first kappa shape index (κ1) is 9.21. The summed E-state index contributed by atoms with van der Waals surface area (Å²) >= 11 is 0. The molecule has 0 spiro atoms. The van der Waals surface area contributed by atoms with Gasteiger partial charge in [-0.1, -0.05) is 6.07 Å². The van der Waals surface area contributed by atoms with E-state index in [0.717, 1.165) is 5.56 Å². The fourth-order valence-electron chi connectivity index (χ4n) is 1.42. The molecule has 0 aliphatic carbocycles. The molecule has 1 aliphatic rings. The smallest absolute Gasteiger partial charge is 0.141 e. The van der Waals surface area contributed by atoms with Crippen LogP contribution in [0.2, 0.25) is 0 Å². The van der Waals surface area contributed by atoms with Crippen molar-refractivity contribution in [1.29, 1.82) is 0 Å². The van der Waals surface area contributed by atoms with Gasteiger partial charge in [-0.05, 0) is 23.6 Å². The van der Waals surface area contributed by atoms with Crippen molar-refractivity contribution in [2.75, 3.05) is 0 Å². The van der Waals surface area contributed by atoms with Crippen LogP contribution in [0.15, 0.2) is 22.6 Å². The molecule has 1 unspecified atom stereocenters. The van der Waals surface area contributed by atoms with E-state index in [1.165, 1.54) is 12.1 Å². The third-order valence-corrected chi connectivity index (χ3v) is 3.29. The largest absolute Gasteiger partial charge is 0.383 e. The molecule has 2 rings (SSSR count). The van der Waals surface area contributed by atoms with E-state index in [1.54, 1.807) is 6.07 Å². The number of amidine groups is 1. The molecule has 0 fully saturated rings. The molecule has 1 aliphatic heterocycles. The second kappa shape index (κ2) is 2.81. The first-order valence-electron chi connectivity index (χ1n) is 3.97. The lowest BCUT2D eigenvalue weighted by Gasteiger charge is -2.16. The van der Waals surface area contributed by atoms with Crippen LogP contribution < -0.4 is 5.73 Å². The quantitative estimate of drug-likeness (QED) is 0.643. The van der Waals surface area contributed by atoms with Crippen LogP contribution >= 0.6 is 0 Å². The van der Waals surface area contributed by atoms with E-state index < -0.39 is 9.71 Å². The Bertz CT molecular complexity index is 520. The Hall–Kier alpha value is -1.36. The number of nitrogens with zero attached hydrogens (tertiary/aromatic N) is 1. The fraction of sp³-hybridized carbons (Fsp3) is 0.111. The number of rotatable bonds is 0. The molecule has 1 aromatic carbocycles. The molecule has 0 amide bonds. The zero-order chi connectivity index (χ0) is 10.3. The average molecular weight is 212 g/mol. The maximum atomic E-state index is 12.9. The summed E-state index contributed by atoms with van der Waals surface area (Å²) in [5, 5.41) is 0. The zero-order valence-electron chi connectivity index (χ0n) is 7.37. The normalized spacial score (nSPS) is 25.4. The SMILES string of the molecule is C=S1(=O)Cc2ccc(F)cc2C(N)=N1. The lowest BCUT2D eigenvalue weighted by atomic mass is 10.1. The zero-order valence-corrected chi connectivity index (χ0v) is 8.18. The molecule has 14 heavy (non-hydrogen) atoms. The Balaban J connectivity index is 2.68. The Kier molecular flexibility index (Phi) is 1.85. The minimum atomic E-state index is -2.52. The lowest BCUT2D eigenvalue weighted by molar-refractivity contribution is 0.626. The molecule has 2 N–H and O–H groups in total. The Morgan fingerprint density at radius 2 is 2.29 bits per heavy atom. The predicted molar refractivity (Wildman–Crippen MR) is 56.1 cm³/mol. The summed E-state index contributed by atoms with van der Waals surface area (Å²) in [5.41, 5.74) is 6.81. The highest BCUT2D eigenvalue weighted by molar-refractivity contribution is 7.98. The summed E-state index contributed by atoms with van der Waals surface area (Å²) in [5.74, 6) is 3.42. The molecule has 74 valence electrons. The molecule has 0 aromatic heterocycles. The fourth-order valence-corrected chi connectivity index (χ4v) is 2.68. The first-order chi connectivity index (χ1) is 6.48. The van der Waals surface area contributed by atoms with Crippen LogP contribution in [-0.4, -0.2) is 15.9 Å². The van der Waals surface area contributed by atoms with Gasteiger partial charge in [-0.25, -0.2) is 8.60 Å². The number of fused-ring (bicyclic) bond motifs is 1. The van der Waals surface area contributed by atoms with Crippen LogP contribution in [0.3, 0.4) is 0 Å². The highest BCUT2D eigenvalue weighted by Crippen LogP contribution is 2.20. The van der Waals surface area contributed by atoms with Gasteiger partial charge in [-0.3, -0.25) is 0 Å². The summed E-state index contributed by atoms with van der Waals surface area (Å²) in [6.07, 6.45) is 0. The van der Waals surface area contributed by atoms with Crippen LogP contribution in [0.5, 0.6) is 0 Å². The van der Waals surface area contributed by atoms with Gasteiger partial charge in [0, 0.05) is 5.56 Å². The van der Waals surface area contributed by atoms with Gasteiger partial charge in [0.05, 0.1) is 15.5 Å². The molecule has 1 atom stereocenters. The molecule has 5 heteroatoms. The van der Waals surface area contributed by atoms with Crippen molar-refractivity contribution < 1.29 is 8.60 Å².